The maximum absolute atomic E-state index is 12.1. The molecule has 1 atom stereocenters. The van der Waals surface area contributed by atoms with Crippen LogP contribution >= 0.6 is 0 Å². The molecule has 23 heavy (non-hydrogen) atoms. The van der Waals surface area contributed by atoms with E-state index in [0.717, 1.165) is 19.4 Å². The van der Waals surface area contributed by atoms with E-state index in [4.69, 9.17) is 9.47 Å². The number of urea groups is 1. The van der Waals surface area contributed by atoms with E-state index in [2.05, 4.69) is 15.3 Å². The van der Waals surface area contributed by atoms with E-state index in [1.807, 2.05) is 19.0 Å². The van der Waals surface area contributed by atoms with E-state index in [1.165, 1.54) is 0 Å². The van der Waals surface area contributed by atoms with Gasteiger partial charge >= 0.3 is 6.03 Å². The van der Waals surface area contributed by atoms with Crippen LogP contribution in [-0.2, 0) is 4.74 Å². The molecule has 1 N–H and O–H groups in total. The van der Waals surface area contributed by atoms with Crippen molar-refractivity contribution in [3.8, 4) is 5.88 Å². The Labute approximate surface area is 136 Å². The van der Waals surface area contributed by atoms with Gasteiger partial charge in [-0.3, -0.25) is 0 Å². The summed E-state index contributed by atoms with van der Waals surface area (Å²) in [5.74, 6) is 1.19. The molecule has 1 unspecified atom stereocenters. The van der Waals surface area contributed by atoms with Gasteiger partial charge in [0.25, 0.3) is 5.88 Å². The van der Waals surface area contributed by atoms with Gasteiger partial charge in [0.1, 0.15) is 6.10 Å². The SMILES string of the molecule is COCCNC(=O)N1CCCC(Oc2nccnc2N(C)C)C1. The molecule has 1 saturated heterocycles. The summed E-state index contributed by atoms with van der Waals surface area (Å²) in [5.41, 5.74) is 0. The summed E-state index contributed by atoms with van der Waals surface area (Å²) in [6, 6.07) is -0.0812. The lowest BCUT2D eigenvalue weighted by Gasteiger charge is -2.33. The van der Waals surface area contributed by atoms with Crippen LogP contribution in [0.5, 0.6) is 5.88 Å². The fraction of sp³-hybridized carbons (Fsp3) is 0.667. The first-order valence-corrected chi connectivity index (χ1v) is 7.78. The van der Waals surface area contributed by atoms with Crippen LogP contribution in [0.4, 0.5) is 10.6 Å². The zero-order valence-electron chi connectivity index (χ0n) is 14.0. The van der Waals surface area contributed by atoms with Crippen LogP contribution in [0.2, 0.25) is 0 Å². The molecule has 2 amide bonds. The Bertz CT molecular complexity index is 512. The third kappa shape index (κ3) is 4.95. The normalized spacial score (nSPS) is 17.7. The molecular formula is C15H25N5O3. The zero-order valence-corrected chi connectivity index (χ0v) is 14.0. The number of ether oxygens (including phenoxy) is 2. The first-order valence-electron chi connectivity index (χ1n) is 7.78. The van der Waals surface area contributed by atoms with E-state index in [1.54, 1.807) is 24.4 Å². The predicted octanol–water partition coefficient (Wildman–Crippen LogP) is 0.742. The van der Waals surface area contributed by atoms with Crippen molar-refractivity contribution in [2.24, 2.45) is 0 Å². The predicted molar refractivity (Wildman–Crippen MR) is 86.9 cm³/mol. The molecule has 0 saturated carbocycles. The molecule has 1 aromatic rings. The molecule has 0 bridgehead atoms. The first-order chi connectivity index (χ1) is 11.1. The van der Waals surface area contributed by atoms with Crippen LogP contribution in [-0.4, -0.2) is 74.4 Å². The number of carbonyl (C=O) groups excluding carboxylic acids is 1. The maximum atomic E-state index is 12.1. The second-order valence-corrected chi connectivity index (χ2v) is 5.63. The average molecular weight is 323 g/mol. The van der Waals surface area contributed by atoms with Crippen LogP contribution in [0, 0.1) is 0 Å². The zero-order chi connectivity index (χ0) is 16.7. The highest BCUT2D eigenvalue weighted by atomic mass is 16.5. The fourth-order valence-corrected chi connectivity index (χ4v) is 2.46. The summed E-state index contributed by atoms with van der Waals surface area (Å²) >= 11 is 0. The Morgan fingerprint density at radius 2 is 2.22 bits per heavy atom. The molecule has 0 radical (unpaired) electrons. The number of hydrogen-bond acceptors (Lipinski definition) is 6. The van der Waals surface area contributed by atoms with Crippen molar-refractivity contribution in [1.82, 2.24) is 20.2 Å². The topological polar surface area (TPSA) is 79.8 Å². The third-order valence-electron chi connectivity index (χ3n) is 3.60. The molecule has 2 heterocycles. The minimum Gasteiger partial charge on any atom is -0.470 e. The van der Waals surface area contributed by atoms with Gasteiger partial charge in [0.15, 0.2) is 5.82 Å². The molecule has 1 aliphatic heterocycles. The second-order valence-electron chi connectivity index (χ2n) is 5.63. The van der Waals surface area contributed by atoms with Gasteiger partial charge < -0.3 is 24.6 Å². The summed E-state index contributed by atoms with van der Waals surface area (Å²) in [6.07, 6.45) is 4.97. The lowest BCUT2D eigenvalue weighted by atomic mass is 10.1. The highest BCUT2D eigenvalue weighted by Crippen LogP contribution is 2.24. The van der Waals surface area contributed by atoms with Crippen molar-refractivity contribution in [3.63, 3.8) is 0 Å². The van der Waals surface area contributed by atoms with Crippen molar-refractivity contribution in [2.75, 3.05) is 52.3 Å². The number of rotatable bonds is 6. The Kier molecular flexibility index (Phi) is 6.40. The van der Waals surface area contributed by atoms with E-state index >= 15 is 0 Å². The number of hydrogen-bond donors (Lipinski definition) is 1. The molecular weight excluding hydrogens is 298 g/mol. The smallest absolute Gasteiger partial charge is 0.317 e. The van der Waals surface area contributed by atoms with Crippen LogP contribution in [0.3, 0.4) is 0 Å². The summed E-state index contributed by atoms with van der Waals surface area (Å²) in [5, 5.41) is 2.84. The Hall–Kier alpha value is -2.09. The molecule has 8 heteroatoms. The number of methoxy groups -OCH3 is 1. The molecule has 1 aliphatic rings. The fourth-order valence-electron chi connectivity index (χ4n) is 2.46. The van der Waals surface area contributed by atoms with Crippen molar-refractivity contribution < 1.29 is 14.3 Å². The Morgan fingerprint density at radius 1 is 1.43 bits per heavy atom. The van der Waals surface area contributed by atoms with Crippen molar-refractivity contribution in [1.29, 1.82) is 0 Å². The average Bonchev–Trinajstić information content (AvgIpc) is 2.55. The summed E-state index contributed by atoms with van der Waals surface area (Å²) < 4.78 is 10.9. The Morgan fingerprint density at radius 3 is 2.96 bits per heavy atom. The minimum absolute atomic E-state index is 0.0766. The van der Waals surface area contributed by atoms with Gasteiger partial charge in [-0.25, -0.2) is 14.8 Å². The highest BCUT2D eigenvalue weighted by Gasteiger charge is 2.26. The molecule has 128 valence electrons. The van der Waals surface area contributed by atoms with E-state index in [9.17, 15) is 4.79 Å². The first kappa shape index (κ1) is 17.3. The molecule has 8 nitrogen and oxygen atoms in total. The van der Waals surface area contributed by atoms with Gasteiger partial charge in [0.2, 0.25) is 0 Å². The Balaban J connectivity index is 1.93. The highest BCUT2D eigenvalue weighted by molar-refractivity contribution is 5.74. The number of carbonyl (C=O) groups is 1. The van der Waals surface area contributed by atoms with Crippen molar-refractivity contribution in [3.05, 3.63) is 12.4 Å². The molecule has 1 fully saturated rings. The lowest BCUT2D eigenvalue weighted by Crippen LogP contribution is -2.49. The largest absolute Gasteiger partial charge is 0.470 e. The van der Waals surface area contributed by atoms with E-state index in [-0.39, 0.29) is 12.1 Å². The third-order valence-corrected chi connectivity index (χ3v) is 3.60. The molecule has 0 aromatic carbocycles. The summed E-state index contributed by atoms with van der Waals surface area (Å²) in [6.45, 7) is 2.29. The number of nitrogens with zero attached hydrogens (tertiary/aromatic N) is 4. The number of piperidine rings is 1. The second kappa shape index (κ2) is 8.52. The van der Waals surface area contributed by atoms with Crippen molar-refractivity contribution in [2.45, 2.75) is 18.9 Å². The van der Waals surface area contributed by atoms with Crippen LogP contribution in [0.15, 0.2) is 12.4 Å². The molecule has 1 aromatic heterocycles. The lowest BCUT2D eigenvalue weighted by molar-refractivity contribution is 0.0968. The van der Waals surface area contributed by atoms with Gasteiger partial charge in [-0.15, -0.1) is 0 Å². The van der Waals surface area contributed by atoms with Crippen LogP contribution < -0.4 is 15.0 Å². The number of aromatic nitrogens is 2. The summed E-state index contributed by atoms with van der Waals surface area (Å²) in [4.78, 5) is 24.3. The number of anilines is 1. The van der Waals surface area contributed by atoms with Crippen LogP contribution in [0.1, 0.15) is 12.8 Å². The van der Waals surface area contributed by atoms with Gasteiger partial charge in [0.05, 0.1) is 13.2 Å². The number of likely N-dealkylation sites (tertiary alicyclic amines) is 1. The standard InChI is InChI=1S/C15H25N5O3/c1-19(2)13-14(17-7-6-16-13)23-12-5-4-9-20(11-12)15(21)18-8-10-22-3/h6-7,12H,4-5,8-11H2,1-3H3,(H,18,21). The molecule has 0 spiro atoms. The summed E-state index contributed by atoms with van der Waals surface area (Å²) in [7, 11) is 5.40. The van der Waals surface area contributed by atoms with Gasteiger partial charge in [0, 0.05) is 46.7 Å². The van der Waals surface area contributed by atoms with E-state index < -0.39 is 0 Å². The van der Waals surface area contributed by atoms with Crippen molar-refractivity contribution >= 4 is 11.8 Å². The maximum Gasteiger partial charge on any atom is 0.317 e. The monoisotopic (exact) mass is 323 g/mol. The van der Waals surface area contributed by atoms with Gasteiger partial charge in [-0.2, -0.15) is 0 Å². The van der Waals surface area contributed by atoms with Gasteiger partial charge in [-0.1, -0.05) is 0 Å². The van der Waals surface area contributed by atoms with Crippen LogP contribution in [0.25, 0.3) is 0 Å². The van der Waals surface area contributed by atoms with E-state index in [0.29, 0.717) is 31.4 Å². The molecule has 2 rings (SSSR count). The van der Waals surface area contributed by atoms with Gasteiger partial charge in [-0.05, 0) is 12.8 Å². The quantitative estimate of drug-likeness (QED) is 0.778. The number of nitrogens with one attached hydrogen (secondary N) is 1. The minimum atomic E-state index is -0.0812. The molecule has 0 aliphatic carbocycles. The number of amides is 2.